The molecule has 1 unspecified atom stereocenters. The van der Waals surface area contributed by atoms with E-state index >= 15 is 0 Å². The molecule has 1 aliphatic heterocycles. The van der Waals surface area contributed by atoms with Crippen LogP contribution in [0.1, 0.15) is 51.5 Å². The SMILES string of the molecule is CC(C)CNCC1(CC2Cc3ccccc3O2)CCCC1. The largest absolute Gasteiger partial charge is 0.490 e. The Morgan fingerprint density at radius 3 is 2.71 bits per heavy atom. The van der Waals surface area contributed by atoms with Crippen LogP contribution < -0.4 is 10.1 Å². The Labute approximate surface area is 129 Å². The van der Waals surface area contributed by atoms with Crippen molar-refractivity contribution in [2.24, 2.45) is 11.3 Å². The van der Waals surface area contributed by atoms with Crippen molar-refractivity contribution in [2.45, 2.75) is 58.5 Å². The molecule has 1 heterocycles. The zero-order valence-corrected chi connectivity index (χ0v) is 13.5. The normalized spacial score (nSPS) is 23.3. The fourth-order valence-electron chi connectivity index (χ4n) is 4.05. The molecule has 116 valence electrons. The van der Waals surface area contributed by atoms with E-state index in [1.807, 2.05) is 0 Å². The van der Waals surface area contributed by atoms with Crippen LogP contribution in [0, 0.1) is 11.3 Å². The van der Waals surface area contributed by atoms with Crippen LogP contribution in [0.25, 0.3) is 0 Å². The second-order valence-corrected chi connectivity index (χ2v) is 7.49. The van der Waals surface area contributed by atoms with Gasteiger partial charge in [0.1, 0.15) is 11.9 Å². The van der Waals surface area contributed by atoms with Gasteiger partial charge in [0.05, 0.1) is 0 Å². The average Bonchev–Trinajstić information content (AvgIpc) is 3.05. The fraction of sp³-hybridized carbons (Fsp3) is 0.684. The number of para-hydroxylation sites is 1. The maximum atomic E-state index is 6.19. The average molecular weight is 287 g/mol. The molecule has 1 atom stereocenters. The first-order chi connectivity index (χ1) is 10.2. The summed E-state index contributed by atoms with van der Waals surface area (Å²) < 4.78 is 6.19. The van der Waals surface area contributed by atoms with E-state index in [1.54, 1.807) is 0 Å². The number of benzene rings is 1. The van der Waals surface area contributed by atoms with E-state index in [-0.39, 0.29) is 0 Å². The van der Waals surface area contributed by atoms with Gasteiger partial charge in [0.2, 0.25) is 0 Å². The summed E-state index contributed by atoms with van der Waals surface area (Å²) >= 11 is 0. The van der Waals surface area contributed by atoms with Crippen LogP contribution in [0.2, 0.25) is 0 Å². The summed E-state index contributed by atoms with van der Waals surface area (Å²) in [4.78, 5) is 0. The van der Waals surface area contributed by atoms with Gasteiger partial charge >= 0.3 is 0 Å². The number of fused-ring (bicyclic) bond motifs is 1. The fourth-order valence-corrected chi connectivity index (χ4v) is 4.05. The van der Waals surface area contributed by atoms with E-state index in [0.717, 1.165) is 24.6 Å². The van der Waals surface area contributed by atoms with Gasteiger partial charge in [-0.2, -0.15) is 0 Å². The third-order valence-corrected chi connectivity index (χ3v) is 5.09. The summed E-state index contributed by atoms with van der Waals surface area (Å²) in [5.41, 5.74) is 1.87. The smallest absolute Gasteiger partial charge is 0.123 e. The predicted octanol–water partition coefficient (Wildman–Crippen LogP) is 4.19. The number of nitrogens with one attached hydrogen (secondary N) is 1. The molecule has 1 fully saturated rings. The Morgan fingerprint density at radius 1 is 1.24 bits per heavy atom. The number of ether oxygens (including phenoxy) is 1. The summed E-state index contributed by atoms with van der Waals surface area (Å²) in [5.74, 6) is 1.85. The molecule has 0 spiro atoms. The van der Waals surface area contributed by atoms with E-state index < -0.39 is 0 Å². The molecular weight excluding hydrogens is 258 g/mol. The number of rotatable bonds is 6. The van der Waals surface area contributed by atoms with Gasteiger partial charge in [-0.1, -0.05) is 44.9 Å². The van der Waals surface area contributed by atoms with E-state index in [4.69, 9.17) is 4.74 Å². The minimum absolute atomic E-state index is 0.390. The topological polar surface area (TPSA) is 21.3 Å². The Balaban J connectivity index is 1.59. The highest BCUT2D eigenvalue weighted by atomic mass is 16.5. The molecule has 21 heavy (non-hydrogen) atoms. The predicted molar refractivity (Wildman–Crippen MR) is 87.8 cm³/mol. The molecule has 2 nitrogen and oxygen atoms in total. The molecule has 1 aliphatic carbocycles. The van der Waals surface area contributed by atoms with Gasteiger partial charge in [-0.25, -0.2) is 0 Å². The van der Waals surface area contributed by atoms with Crippen LogP contribution >= 0.6 is 0 Å². The Hall–Kier alpha value is -1.02. The van der Waals surface area contributed by atoms with Gasteiger partial charge in [0.25, 0.3) is 0 Å². The maximum Gasteiger partial charge on any atom is 0.123 e. The Morgan fingerprint density at radius 2 is 2.00 bits per heavy atom. The molecule has 1 aromatic carbocycles. The molecule has 0 bridgehead atoms. The monoisotopic (exact) mass is 287 g/mol. The van der Waals surface area contributed by atoms with Crippen LogP contribution in [0.5, 0.6) is 5.75 Å². The third kappa shape index (κ3) is 3.60. The van der Waals surface area contributed by atoms with Crippen LogP contribution in [-0.2, 0) is 6.42 Å². The van der Waals surface area contributed by atoms with E-state index in [0.29, 0.717) is 11.5 Å². The van der Waals surface area contributed by atoms with Crippen molar-refractivity contribution in [3.05, 3.63) is 29.8 Å². The van der Waals surface area contributed by atoms with Crippen LogP contribution in [-0.4, -0.2) is 19.2 Å². The van der Waals surface area contributed by atoms with Crippen molar-refractivity contribution in [2.75, 3.05) is 13.1 Å². The lowest BCUT2D eigenvalue weighted by molar-refractivity contribution is 0.133. The summed E-state index contributed by atoms with van der Waals surface area (Å²) in [6, 6.07) is 8.54. The molecule has 0 radical (unpaired) electrons. The molecule has 1 saturated carbocycles. The quantitative estimate of drug-likeness (QED) is 0.847. The van der Waals surface area contributed by atoms with Gasteiger partial charge in [0.15, 0.2) is 0 Å². The molecule has 1 N–H and O–H groups in total. The zero-order valence-electron chi connectivity index (χ0n) is 13.5. The van der Waals surface area contributed by atoms with Crippen LogP contribution in [0.4, 0.5) is 0 Å². The molecule has 0 amide bonds. The lowest BCUT2D eigenvalue weighted by atomic mass is 9.79. The van der Waals surface area contributed by atoms with Crippen molar-refractivity contribution in [3.63, 3.8) is 0 Å². The van der Waals surface area contributed by atoms with Gasteiger partial charge in [-0.15, -0.1) is 0 Å². The van der Waals surface area contributed by atoms with Crippen molar-refractivity contribution in [3.8, 4) is 5.75 Å². The van der Waals surface area contributed by atoms with E-state index in [1.165, 1.54) is 44.2 Å². The molecule has 3 rings (SSSR count). The first kappa shape index (κ1) is 14.9. The van der Waals surface area contributed by atoms with Crippen LogP contribution in [0.3, 0.4) is 0 Å². The molecule has 2 heteroatoms. The van der Waals surface area contributed by atoms with E-state index in [2.05, 4.69) is 43.4 Å². The Kier molecular flexibility index (Phi) is 4.54. The Bertz CT molecular complexity index is 437. The van der Waals surface area contributed by atoms with Gasteiger partial charge < -0.3 is 10.1 Å². The van der Waals surface area contributed by atoms with Gasteiger partial charge in [-0.3, -0.25) is 0 Å². The summed E-state index contributed by atoms with van der Waals surface area (Å²) in [6.07, 6.45) is 8.23. The number of hydrogen-bond acceptors (Lipinski definition) is 2. The van der Waals surface area contributed by atoms with E-state index in [9.17, 15) is 0 Å². The molecule has 1 aromatic rings. The van der Waals surface area contributed by atoms with Gasteiger partial charge in [0, 0.05) is 13.0 Å². The second kappa shape index (κ2) is 6.39. The highest BCUT2D eigenvalue weighted by Gasteiger charge is 2.38. The first-order valence-corrected chi connectivity index (χ1v) is 8.62. The van der Waals surface area contributed by atoms with Crippen LogP contribution in [0.15, 0.2) is 24.3 Å². The second-order valence-electron chi connectivity index (χ2n) is 7.49. The maximum absolute atomic E-state index is 6.19. The lowest BCUT2D eigenvalue weighted by Gasteiger charge is -2.32. The zero-order chi connectivity index (χ0) is 14.7. The highest BCUT2D eigenvalue weighted by molar-refractivity contribution is 5.37. The van der Waals surface area contributed by atoms with Crippen molar-refractivity contribution in [1.82, 2.24) is 5.32 Å². The highest BCUT2D eigenvalue weighted by Crippen LogP contribution is 2.44. The minimum atomic E-state index is 0.390. The summed E-state index contributed by atoms with van der Waals surface area (Å²) in [5, 5.41) is 3.71. The van der Waals surface area contributed by atoms with Crippen molar-refractivity contribution < 1.29 is 4.74 Å². The van der Waals surface area contributed by atoms with Gasteiger partial charge in [-0.05, 0) is 48.8 Å². The lowest BCUT2D eigenvalue weighted by Crippen LogP contribution is -2.37. The molecule has 2 aliphatic rings. The van der Waals surface area contributed by atoms with Crippen molar-refractivity contribution in [1.29, 1.82) is 0 Å². The standard InChI is InChI=1S/C19H29NO/c1-15(2)13-20-14-19(9-5-6-10-19)12-17-11-16-7-3-4-8-18(16)21-17/h3-4,7-8,15,17,20H,5-6,9-14H2,1-2H3. The third-order valence-electron chi connectivity index (χ3n) is 5.09. The molecule has 0 aromatic heterocycles. The number of hydrogen-bond donors (Lipinski definition) is 1. The first-order valence-electron chi connectivity index (χ1n) is 8.62. The van der Waals surface area contributed by atoms with Crippen molar-refractivity contribution >= 4 is 0 Å². The molecule has 0 saturated heterocycles. The molecular formula is C19H29NO. The summed E-state index contributed by atoms with van der Waals surface area (Å²) in [6.45, 7) is 6.87. The minimum Gasteiger partial charge on any atom is -0.490 e. The summed E-state index contributed by atoms with van der Waals surface area (Å²) in [7, 11) is 0.